The van der Waals surface area contributed by atoms with Gasteiger partial charge in [-0.1, -0.05) is 18.2 Å². The van der Waals surface area contributed by atoms with Gasteiger partial charge in [0.05, 0.1) is 25.5 Å². The second-order valence-electron chi connectivity index (χ2n) is 6.73. The number of esters is 1. The van der Waals surface area contributed by atoms with Crippen LogP contribution < -0.4 is 5.32 Å². The second kappa shape index (κ2) is 6.68. The molecule has 1 aliphatic rings. The van der Waals surface area contributed by atoms with E-state index in [1.165, 1.54) is 7.11 Å². The number of aliphatic hydroxyl groups excluding tert-OH is 1. The van der Waals surface area contributed by atoms with Gasteiger partial charge in [-0.3, -0.25) is 15.1 Å². The molecule has 2 aromatic heterocycles. The SMILES string of the molecule is COC(=O)[C@H]1Cc2[nH]c3ccccc3c2[C@H](c2c(CO)cnc(C)c2O)N1. The molecule has 0 saturated carbocycles. The Hall–Kier alpha value is -2.90. The summed E-state index contributed by atoms with van der Waals surface area (Å²) in [6, 6.07) is 6.81. The molecule has 0 bridgehead atoms. The fourth-order valence-corrected chi connectivity index (χ4v) is 3.88. The first-order valence-corrected chi connectivity index (χ1v) is 8.76. The highest BCUT2D eigenvalue weighted by molar-refractivity contribution is 5.87. The van der Waals surface area contributed by atoms with Crippen LogP contribution in [0.1, 0.15) is 34.1 Å². The summed E-state index contributed by atoms with van der Waals surface area (Å²) in [5, 5.41) is 24.9. The largest absolute Gasteiger partial charge is 0.506 e. The van der Waals surface area contributed by atoms with Gasteiger partial charge in [0, 0.05) is 45.9 Å². The van der Waals surface area contributed by atoms with Gasteiger partial charge in [-0.25, -0.2) is 0 Å². The molecule has 4 rings (SSSR count). The number of rotatable bonds is 3. The van der Waals surface area contributed by atoms with Crippen molar-refractivity contribution in [3.8, 4) is 5.75 Å². The Balaban J connectivity index is 1.97. The molecule has 0 unspecified atom stereocenters. The topological polar surface area (TPSA) is 107 Å². The van der Waals surface area contributed by atoms with E-state index in [1.807, 2.05) is 24.3 Å². The summed E-state index contributed by atoms with van der Waals surface area (Å²) in [4.78, 5) is 19.8. The lowest BCUT2D eigenvalue weighted by Crippen LogP contribution is -2.45. The van der Waals surface area contributed by atoms with Gasteiger partial charge in [0.25, 0.3) is 0 Å². The van der Waals surface area contributed by atoms with Crippen LogP contribution in [0.5, 0.6) is 5.75 Å². The third-order valence-electron chi connectivity index (χ3n) is 5.20. The number of fused-ring (bicyclic) bond motifs is 3. The molecule has 3 aromatic rings. The molecule has 1 aromatic carbocycles. The van der Waals surface area contributed by atoms with E-state index in [4.69, 9.17) is 4.74 Å². The minimum absolute atomic E-state index is 0.0146. The number of carbonyl (C=O) groups excluding carboxylic acids is 1. The van der Waals surface area contributed by atoms with Gasteiger partial charge in [-0.2, -0.15) is 0 Å². The van der Waals surface area contributed by atoms with Crippen molar-refractivity contribution in [2.24, 2.45) is 0 Å². The van der Waals surface area contributed by atoms with Crippen LogP contribution in [-0.4, -0.2) is 39.3 Å². The maximum Gasteiger partial charge on any atom is 0.323 e. The molecule has 0 saturated heterocycles. The number of aliphatic hydroxyl groups is 1. The molecule has 1 aliphatic heterocycles. The summed E-state index contributed by atoms with van der Waals surface area (Å²) < 4.78 is 4.93. The van der Waals surface area contributed by atoms with Crippen LogP contribution in [0.15, 0.2) is 30.5 Å². The van der Waals surface area contributed by atoms with Gasteiger partial charge in [0.15, 0.2) is 0 Å². The summed E-state index contributed by atoms with van der Waals surface area (Å²) >= 11 is 0. The Bertz CT molecular complexity index is 1030. The first kappa shape index (κ1) is 17.5. The third kappa shape index (κ3) is 2.75. The van der Waals surface area contributed by atoms with Gasteiger partial charge in [-0.05, 0) is 13.0 Å². The normalized spacial score (nSPS) is 19.1. The summed E-state index contributed by atoms with van der Waals surface area (Å²) in [5.74, 6) is -0.360. The molecule has 7 nitrogen and oxygen atoms in total. The zero-order valence-electron chi connectivity index (χ0n) is 15.1. The lowest BCUT2D eigenvalue weighted by atomic mass is 9.87. The van der Waals surface area contributed by atoms with Crippen molar-refractivity contribution >= 4 is 16.9 Å². The zero-order chi connectivity index (χ0) is 19.1. The fourth-order valence-electron chi connectivity index (χ4n) is 3.88. The van der Waals surface area contributed by atoms with E-state index < -0.39 is 12.1 Å². The summed E-state index contributed by atoms with van der Waals surface area (Å²) in [6.07, 6.45) is 2.01. The number of nitrogens with zero attached hydrogens (tertiary/aromatic N) is 1. The average molecular weight is 367 g/mol. The van der Waals surface area contributed by atoms with Crippen molar-refractivity contribution in [3.05, 3.63) is 58.5 Å². The average Bonchev–Trinajstić information content (AvgIpc) is 3.07. The lowest BCUT2D eigenvalue weighted by Gasteiger charge is -2.32. The number of nitrogens with one attached hydrogen (secondary N) is 2. The maximum atomic E-state index is 12.3. The highest BCUT2D eigenvalue weighted by atomic mass is 16.5. The molecule has 0 spiro atoms. The number of aromatic hydroxyl groups is 1. The molecular formula is C20H21N3O4. The van der Waals surface area contributed by atoms with Crippen molar-refractivity contribution in [1.82, 2.24) is 15.3 Å². The Morgan fingerprint density at radius 1 is 1.33 bits per heavy atom. The van der Waals surface area contributed by atoms with E-state index in [-0.39, 0.29) is 18.3 Å². The van der Waals surface area contributed by atoms with Crippen molar-refractivity contribution < 1.29 is 19.7 Å². The van der Waals surface area contributed by atoms with Gasteiger partial charge in [0.2, 0.25) is 0 Å². The van der Waals surface area contributed by atoms with Crippen LogP contribution in [0.2, 0.25) is 0 Å². The number of carbonyl (C=O) groups is 1. The number of H-pyrrole nitrogens is 1. The molecule has 7 heteroatoms. The quantitative estimate of drug-likeness (QED) is 0.526. The maximum absolute atomic E-state index is 12.3. The van der Waals surface area contributed by atoms with Crippen molar-refractivity contribution in [2.75, 3.05) is 7.11 Å². The monoisotopic (exact) mass is 367 g/mol. The molecule has 0 amide bonds. The standard InChI is InChI=1S/C20H21N3O4/c1-10-19(25)16(11(9-24)8-21-10)18-17-12-5-3-4-6-13(12)22-14(17)7-15(23-18)20(26)27-2/h3-6,8,15,18,22-25H,7,9H2,1-2H3/t15-,18+/m1/s1. The first-order valence-electron chi connectivity index (χ1n) is 8.76. The van der Waals surface area contributed by atoms with Crippen molar-refractivity contribution in [1.29, 1.82) is 0 Å². The van der Waals surface area contributed by atoms with E-state index in [9.17, 15) is 15.0 Å². The van der Waals surface area contributed by atoms with Crippen LogP contribution >= 0.6 is 0 Å². The third-order valence-corrected chi connectivity index (χ3v) is 5.20. The Kier molecular flexibility index (Phi) is 4.33. The molecule has 0 radical (unpaired) electrons. The minimum atomic E-state index is -0.569. The molecule has 0 aliphatic carbocycles. The molecule has 4 N–H and O–H groups in total. The number of hydrogen-bond acceptors (Lipinski definition) is 6. The molecule has 2 atom stereocenters. The smallest absolute Gasteiger partial charge is 0.323 e. The van der Waals surface area contributed by atoms with Crippen LogP contribution in [0.25, 0.3) is 10.9 Å². The number of ether oxygens (including phenoxy) is 1. The lowest BCUT2D eigenvalue weighted by molar-refractivity contribution is -0.143. The minimum Gasteiger partial charge on any atom is -0.506 e. The first-order chi connectivity index (χ1) is 13.0. The summed E-state index contributed by atoms with van der Waals surface area (Å²) in [7, 11) is 1.35. The Labute approximate surface area is 156 Å². The van der Waals surface area contributed by atoms with Crippen LogP contribution in [0.3, 0.4) is 0 Å². The molecule has 27 heavy (non-hydrogen) atoms. The highest BCUT2D eigenvalue weighted by Gasteiger charge is 2.37. The number of aromatic nitrogens is 2. The predicted molar refractivity (Wildman–Crippen MR) is 99.3 cm³/mol. The summed E-state index contributed by atoms with van der Waals surface area (Å²) in [6.45, 7) is 1.44. The number of benzene rings is 1. The summed E-state index contributed by atoms with van der Waals surface area (Å²) in [5.41, 5.74) is 4.33. The molecule has 140 valence electrons. The van der Waals surface area contributed by atoms with Gasteiger partial charge in [0.1, 0.15) is 11.8 Å². The number of aromatic amines is 1. The number of aryl methyl sites for hydroxylation is 1. The van der Waals surface area contributed by atoms with E-state index in [2.05, 4.69) is 15.3 Å². The molecule has 3 heterocycles. The van der Waals surface area contributed by atoms with Crippen molar-refractivity contribution in [3.63, 3.8) is 0 Å². The van der Waals surface area contributed by atoms with E-state index in [1.54, 1.807) is 13.1 Å². The van der Waals surface area contributed by atoms with Gasteiger partial charge in [-0.15, -0.1) is 0 Å². The number of pyridine rings is 1. The van der Waals surface area contributed by atoms with Crippen LogP contribution in [0, 0.1) is 6.92 Å². The van der Waals surface area contributed by atoms with E-state index in [0.29, 0.717) is 23.2 Å². The number of para-hydroxylation sites is 1. The number of hydrogen-bond donors (Lipinski definition) is 4. The Morgan fingerprint density at radius 2 is 2.11 bits per heavy atom. The van der Waals surface area contributed by atoms with Gasteiger partial charge < -0.3 is 19.9 Å². The zero-order valence-corrected chi connectivity index (χ0v) is 15.1. The molecular weight excluding hydrogens is 346 g/mol. The molecule has 0 fully saturated rings. The van der Waals surface area contributed by atoms with Crippen LogP contribution in [0.4, 0.5) is 0 Å². The predicted octanol–water partition coefficient (Wildman–Crippen LogP) is 1.85. The fraction of sp³-hybridized carbons (Fsp3) is 0.300. The number of methoxy groups -OCH3 is 1. The van der Waals surface area contributed by atoms with E-state index in [0.717, 1.165) is 22.2 Å². The highest BCUT2D eigenvalue weighted by Crippen LogP contribution is 2.41. The Morgan fingerprint density at radius 3 is 2.85 bits per heavy atom. The van der Waals surface area contributed by atoms with Crippen molar-refractivity contribution in [2.45, 2.75) is 32.0 Å². The van der Waals surface area contributed by atoms with Gasteiger partial charge >= 0.3 is 5.97 Å². The van der Waals surface area contributed by atoms with E-state index >= 15 is 0 Å². The van der Waals surface area contributed by atoms with Crippen LogP contribution in [-0.2, 0) is 22.6 Å². The second-order valence-corrected chi connectivity index (χ2v) is 6.73.